The second-order valence-electron chi connectivity index (χ2n) is 4.88. The van der Waals surface area contributed by atoms with Gasteiger partial charge < -0.3 is 10.1 Å². The summed E-state index contributed by atoms with van der Waals surface area (Å²) in [4.78, 5) is 34.8. The van der Waals surface area contributed by atoms with Gasteiger partial charge in [0.1, 0.15) is 5.75 Å². The zero-order valence-corrected chi connectivity index (χ0v) is 13.5. The number of benzene rings is 1. The quantitative estimate of drug-likeness (QED) is 0.787. The van der Waals surface area contributed by atoms with Crippen LogP contribution < -0.4 is 15.4 Å². The van der Waals surface area contributed by atoms with Gasteiger partial charge in [0.25, 0.3) is 5.91 Å². The highest BCUT2D eigenvalue weighted by Gasteiger charge is 2.14. The fourth-order valence-corrected chi connectivity index (χ4v) is 1.81. The lowest BCUT2D eigenvalue weighted by atomic mass is 10.1. The van der Waals surface area contributed by atoms with Crippen LogP contribution >= 0.6 is 11.6 Å². The third kappa shape index (κ3) is 5.73. The minimum Gasteiger partial charge on any atom is -0.483 e. The first-order valence-corrected chi connectivity index (χ1v) is 7.27. The average molecular weight is 327 g/mol. The molecule has 0 bridgehead atoms. The van der Waals surface area contributed by atoms with Crippen LogP contribution in [-0.4, -0.2) is 30.4 Å². The Morgan fingerprint density at radius 1 is 1.27 bits per heavy atom. The third-order valence-corrected chi connectivity index (χ3v) is 2.83. The smallest absolute Gasteiger partial charge is 0.321 e. The molecular weight excluding hydrogens is 308 g/mol. The molecule has 0 aromatic heterocycles. The zero-order valence-electron chi connectivity index (χ0n) is 12.7. The zero-order chi connectivity index (χ0) is 16.7. The molecule has 0 aliphatic carbocycles. The SMILES string of the molecule is CCC(=O)c1cc(Cl)ccc1OCC(=O)NC(=O)NC(C)C. The fraction of sp³-hybridized carbons (Fsp3) is 0.400. The molecule has 22 heavy (non-hydrogen) atoms. The van der Waals surface area contributed by atoms with Gasteiger partial charge in [0, 0.05) is 17.5 Å². The van der Waals surface area contributed by atoms with Crippen molar-refractivity contribution in [3.8, 4) is 5.75 Å². The van der Waals surface area contributed by atoms with Gasteiger partial charge in [0.2, 0.25) is 0 Å². The standard InChI is InChI=1S/C15H19ClN2O4/c1-4-12(19)11-7-10(16)5-6-13(11)22-8-14(20)18-15(21)17-9(2)3/h5-7,9H,4,8H2,1-3H3,(H2,17,18,20,21). The van der Waals surface area contributed by atoms with Crippen molar-refractivity contribution in [3.05, 3.63) is 28.8 Å². The summed E-state index contributed by atoms with van der Waals surface area (Å²) in [6.07, 6.45) is 0.291. The van der Waals surface area contributed by atoms with Gasteiger partial charge in [-0.3, -0.25) is 14.9 Å². The van der Waals surface area contributed by atoms with Crippen LogP contribution in [0.1, 0.15) is 37.6 Å². The Morgan fingerprint density at radius 2 is 1.95 bits per heavy atom. The van der Waals surface area contributed by atoms with E-state index in [9.17, 15) is 14.4 Å². The molecule has 0 aliphatic rings. The lowest BCUT2D eigenvalue weighted by Gasteiger charge is -2.12. The molecule has 1 aromatic rings. The number of Topliss-reactive ketones (excluding diaryl/α,β-unsaturated/α-hetero) is 1. The van der Waals surface area contributed by atoms with E-state index in [4.69, 9.17) is 16.3 Å². The number of carbonyl (C=O) groups excluding carboxylic acids is 3. The highest BCUT2D eigenvalue weighted by atomic mass is 35.5. The number of hydrogen-bond donors (Lipinski definition) is 2. The summed E-state index contributed by atoms with van der Waals surface area (Å²) in [5.41, 5.74) is 0.314. The van der Waals surface area contributed by atoms with E-state index in [2.05, 4.69) is 10.6 Å². The fourth-order valence-electron chi connectivity index (χ4n) is 1.64. The van der Waals surface area contributed by atoms with Crippen LogP contribution in [0, 0.1) is 0 Å². The predicted octanol–water partition coefficient (Wildman–Crippen LogP) is 2.55. The van der Waals surface area contributed by atoms with E-state index in [0.717, 1.165) is 0 Å². The van der Waals surface area contributed by atoms with Crippen molar-refractivity contribution in [3.63, 3.8) is 0 Å². The number of hydrogen-bond acceptors (Lipinski definition) is 4. The van der Waals surface area contributed by atoms with Gasteiger partial charge >= 0.3 is 6.03 Å². The number of halogens is 1. The van der Waals surface area contributed by atoms with Crippen LogP contribution in [-0.2, 0) is 4.79 Å². The molecule has 0 atom stereocenters. The molecule has 0 aliphatic heterocycles. The molecule has 7 heteroatoms. The molecule has 0 saturated heterocycles. The molecule has 3 amide bonds. The first kappa shape index (κ1) is 18.0. The third-order valence-electron chi connectivity index (χ3n) is 2.59. The summed E-state index contributed by atoms with van der Waals surface area (Å²) in [6, 6.07) is 3.90. The average Bonchev–Trinajstić information content (AvgIpc) is 2.44. The summed E-state index contributed by atoms with van der Waals surface area (Å²) in [5.74, 6) is -0.492. The van der Waals surface area contributed by atoms with Crippen LogP contribution in [0.25, 0.3) is 0 Å². The maximum atomic E-state index is 11.8. The Morgan fingerprint density at radius 3 is 2.55 bits per heavy atom. The van der Waals surface area contributed by atoms with Crippen molar-refractivity contribution in [2.75, 3.05) is 6.61 Å². The van der Waals surface area contributed by atoms with E-state index in [1.54, 1.807) is 26.8 Å². The number of ether oxygens (including phenoxy) is 1. The maximum absolute atomic E-state index is 11.8. The number of nitrogens with one attached hydrogen (secondary N) is 2. The number of ketones is 1. The van der Waals surface area contributed by atoms with E-state index < -0.39 is 11.9 Å². The number of rotatable bonds is 6. The van der Waals surface area contributed by atoms with Crippen molar-refractivity contribution in [1.82, 2.24) is 10.6 Å². The highest BCUT2D eigenvalue weighted by Crippen LogP contribution is 2.24. The summed E-state index contributed by atoms with van der Waals surface area (Å²) in [7, 11) is 0. The normalized spacial score (nSPS) is 10.2. The van der Waals surface area contributed by atoms with Gasteiger partial charge in [-0.2, -0.15) is 0 Å². The van der Waals surface area contributed by atoms with Crippen LogP contribution in [0.4, 0.5) is 4.79 Å². The molecular formula is C15H19ClN2O4. The molecule has 0 radical (unpaired) electrons. The first-order valence-electron chi connectivity index (χ1n) is 6.89. The van der Waals surface area contributed by atoms with Gasteiger partial charge in [0.05, 0.1) is 5.56 Å². The maximum Gasteiger partial charge on any atom is 0.321 e. The van der Waals surface area contributed by atoms with Crippen molar-refractivity contribution < 1.29 is 19.1 Å². The Labute approximate surface area is 134 Å². The van der Waals surface area contributed by atoms with Crippen LogP contribution in [0.15, 0.2) is 18.2 Å². The molecule has 0 spiro atoms. The number of urea groups is 1. The van der Waals surface area contributed by atoms with E-state index in [1.807, 2.05) is 0 Å². The summed E-state index contributed by atoms with van der Waals surface area (Å²) in [5, 5.41) is 5.06. The Hall–Kier alpha value is -2.08. The second kappa shape index (κ2) is 8.38. The summed E-state index contributed by atoms with van der Waals surface area (Å²) >= 11 is 5.86. The van der Waals surface area contributed by atoms with Crippen molar-refractivity contribution >= 4 is 29.3 Å². The molecule has 2 N–H and O–H groups in total. The summed E-state index contributed by atoms with van der Waals surface area (Å²) < 4.78 is 5.31. The monoisotopic (exact) mass is 326 g/mol. The molecule has 6 nitrogen and oxygen atoms in total. The lowest BCUT2D eigenvalue weighted by molar-refractivity contribution is -0.122. The van der Waals surface area contributed by atoms with E-state index in [1.165, 1.54) is 12.1 Å². The number of amides is 3. The Balaban J connectivity index is 2.66. The molecule has 0 unspecified atom stereocenters. The molecule has 0 saturated carbocycles. The van der Waals surface area contributed by atoms with Gasteiger partial charge in [-0.25, -0.2) is 4.79 Å². The molecule has 0 fully saturated rings. The van der Waals surface area contributed by atoms with E-state index in [0.29, 0.717) is 17.0 Å². The summed E-state index contributed by atoms with van der Waals surface area (Å²) in [6.45, 7) is 4.89. The van der Waals surface area contributed by atoms with Gasteiger partial charge in [0.15, 0.2) is 12.4 Å². The van der Waals surface area contributed by atoms with Crippen molar-refractivity contribution in [1.29, 1.82) is 0 Å². The minimum absolute atomic E-state index is 0.0845. The highest BCUT2D eigenvalue weighted by molar-refractivity contribution is 6.31. The first-order chi connectivity index (χ1) is 10.3. The second-order valence-corrected chi connectivity index (χ2v) is 5.32. The Bertz CT molecular complexity index is 573. The molecule has 1 rings (SSSR count). The minimum atomic E-state index is -0.608. The molecule has 1 aromatic carbocycles. The molecule has 120 valence electrons. The number of carbonyl (C=O) groups is 3. The molecule has 0 heterocycles. The lowest BCUT2D eigenvalue weighted by Crippen LogP contribution is -2.44. The van der Waals surface area contributed by atoms with Gasteiger partial charge in [-0.1, -0.05) is 18.5 Å². The van der Waals surface area contributed by atoms with Crippen molar-refractivity contribution in [2.24, 2.45) is 0 Å². The van der Waals surface area contributed by atoms with Crippen LogP contribution in [0.2, 0.25) is 5.02 Å². The van der Waals surface area contributed by atoms with Crippen LogP contribution in [0.5, 0.6) is 5.75 Å². The Kier molecular flexibility index (Phi) is 6.85. The largest absolute Gasteiger partial charge is 0.483 e. The van der Waals surface area contributed by atoms with E-state index in [-0.39, 0.29) is 24.2 Å². The van der Waals surface area contributed by atoms with Gasteiger partial charge in [-0.05, 0) is 32.0 Å². The van der Waals surface area contributed by atoms with Gasteiger partial charge in [-0.15, -0.1) is 0 Å². The topological polar surface area (TPSA) is 84.5 Å². The predicted molar refractivity (Wildman–Crippen MR) is 83.4 cm³/mol. The number of imide groups is 1. The van der Waals surface area contributed by atoms with Crippen LogP contribution in [0.3, 0.4) is 0 Å². The van der Waals surface area contributed by atoms with E-state index >= 15 is 0 Å². The van der Waals surface area contributed by atoms with Crippen molar-refractivity contribution in [2.45, 2.75) is 33.2 Å².